The summed E-state index contributed by atoms with van der Waals surface area (Å²) in [7, 11) is 1.67. The molecule has 1 aliphatic heterocycles. The zero-order chi connectivity index (χ0) is 16.1. The molecule has 1 fully saturated rings. The van der Waals surface area contributed by atoms with E-state index in [4.69, 9.17) is 4.74 Å². The van der Waals surface area contributed by atoms with E-state index in [0.29, 0.717) is 0 Å². The highest BCUT2D eigenvalue weighted by Gasteiger charge is 2.17. The number of hydrogen-bond donors (Lipinski definition) is 1. The number of piperazine rings is 1. The first kappa shape index (κ1) is 15.4. The molecule has 1 saturated heterocycles. The van der Waals surface area contributed by atoms with Crippen molar-refractivity contribution in [1.29, 1.82) is 0 Å². The number of hydrogen-bond acceptors (Lipinski definition) is 4. The van der Waals surface area contributed by atoms with Crippen LogP contribution >= 0.6 is 0 Å². The Hall–Kier alpha value is -2.46. The third-order valence-corrected chi connectivity index (χ3v) is 4.13. The Balaban J connectivity index is 1.53. The average Bonchev–Trinajstić information content (AvgIpc) is 2.63. The van der Waals surface area contributed by atoms with Crippen LogP contribution in [-0.2, 0) is 0 Å². The monoisotopic (exact) mass is 309 g/mol. The lowest BCUT2D eigenvalue weighted by Crippen LogP contribution is -2.51. The van der Waals surface area contributed by atoms with Crippen molar-refractivity contribution in [3.05, 3.63) is 66.7 Å². The molecule has 2 aromatic carbocycles. The maximum absolute atomic E-state index is 5.19. The van der Waals surface area contributed by atoms with Gasteiger partial charge >= 0.3 is 0 Å². The number of para-hydroxylation sites is 1. The second kappa shape index (κ2) is 7.20. The van der Waals surface area contributed by atoms with E-state index in [1.807, 2.05) is 24.3 Å². The number of methoxy groups -OCH3 is 1. The third-order valence-electron chi connectivity index (χ3n) is 4.13. The summed E-state index contributed by atoms with van der Waals surface area (Å²) in [4.78, 5) is 2.41. The van der Waals surface area contributed by atoms with E-state index in [1.165, 1.54) is 5.69 Å². The molecule has 1 aliphatic rings. The zero-order valence-electron chi connectivity index (χ0n) is 13.5. The number of nitrogens with one attached hydrogen (secondary N) is 1. The number of ether oxygens (including phenoxy) is 1. The average molecular weight is 309 g/mol. The first-order valence-corrected chi connectivity index (χ1v) is 7.91. The summed E-state index contributed by atoms with van der Waals surface area (Å²) in [6, 6.07) is 18.5. The molecule has 120 valence electrons. The van der Waals surface area contributed by atoms with Gasteiger partial charge in [0.25, 0.3) is 0 Å². The molecule has 0 spiro atoms. The van der Waals surface area contributed by atoms with Crippen molar-refractivity contribution < 1.29 is 4.74 Å². The molecule has 3 rings (SSSR count). The molecule has 1 heterocycles. The standard InChI is InChI=1S/C19H23N3O/c1-16(17-8-10-19(23-2)11-9-17)20-22-14-12-21(13-15-22)18-6-4-3-5-7-18/h3-11,20H,1,12-15H2,2H3. The summed E-state index contributed by atoms with van der Waals surface area (Å²) in [5.74, 6) is 0.859. The molecular formula is C19H23N3O. The maximum Gasteiger partial charge on any atom is 0.118 e. The van der Waals surface area contributed by atoms with Gasteiger partial charge in [-0.2, -0.15) is 0 Å². The van der Waals surface area contributed by atoms with Gasteiger partial charge < -0.3 is 15.1 Å². The smallest absolute Gasteiger partial charge is 0.118 e. The number of nitrogens with zero attached hydrogens (tertiary/aromatic N) is 2. The summed E-state index contributed by atoms with van der Waals surface area (Å²) in [5.41, 5.74) is 6.71. The van der Waals surface area contributed by atoms with Crippen LogP contribution in [0.25, 0.3) is 5.70 Å². The quantitative estimate of drug-likeness (QED) is 0.919. The van der Waals surface area contributed by atoms with Gasteiger partial charge in [0, 0.05) is 37.6 Å². The first-order chi connectivity index (χ1) is 11.3. The topological polar surface area (TPSA) is 27.7 Å². The predicted octanol–water partition coefficient (Wildman–Crippen LogP) is 2.99. The molecule has 1 N–H and O–H groups in total. The lowest BCUT2D eigenvalue weighted by Gasteiger charge is -2.36. The van der Waals surface area contributed by atoms with Crippen LogP contribution in [0.2, 0.25) is 0 Å². The van der Waals surface area contributed by atoms with Gasteiger partial charge in [0.05, 0.1) is 7.11 Å². The first-order valence-electron chi connectivity index (χ1n) is 7.91. The van der Waals surface area contributed by atoms with Gasteiger partial charge in [-0.3, -0.25) is 0 Å². The molecule has 0 saturated carbocycles. The van der Waals surface area contributed by atoms with E-state index in [0.717, 1.165) is 43.2 Å². The van der Waals surface area contributed by atoms with Gasteiger partial charge in [0.15, 0.2) is 0 Å². The minimum Gasteiger partial charge on any atom is -0.497 e. The fourth-order valence-electron chi connectivity index (χ4n) is 2.76. The summed E-state index contributed by atoms with van der Waals surface area (Å²) in [5, 5.41) is 2.23. The van der Waals surface area contributed by atoms with Crippen LogP contribution in [0.3, 0.4) is 0 Å². The summed E-state index contributed by atoms with van der Waals surface area (Å²) < 4.78 is 5.19. The molecule has 0 unspecified atom stereocenters. The van der Waals surface area contributed by atoms with Gasteiger partial charge in [-0.05, 0) is 42.0 Å². The van der Waals surface area contributed by atoms with Crippen molar-refractivity contribution in [2.45, 2.75) is 0 Å². The summed E-state index contributed by atoms with van der Waals surface area (Å²) in [6.45, 7) is 8.08. The van der Waals surface area contributed by atoms with Crippen LogP contribution in [0, 0.1) is 0 Å². The normalized spacial score (nSPS) is 15.3. The fraction of sp³-hybridized carbons (Fsp3) is 0.263. The Morgan fingerprint density at radius 2 is 1.61 bits per heavy atom. The van der Waals surface area contributed by atoms with E-state index in [-0.39, 0.29) is 0 Å². The van der Waals surface area contributed by atoms with Gasteiger partial charge in [0.2, 0.25) is 0 Å². The van der Waals surface area contributed by atoms with Crippen molar-refractivity contribution in [2.24, 2.45) is 0 Å². The predicted molar refractivity (Wildman–Crippen MR) is 95.4 cm³/mol. The Kier molecular flexibility index (Phi) is 4.83. The second-order valence-corrected chi connectivity index (χ2v) is 5.63. The van der Waals surface area contributed by atoms with Crippen molar-refractivity contribution in [3.8, 4) is 5.75 Å². The van der Waals surface area contributed by atoms with E-state index < -0.39 is 0 Å². The minimum absolute atomic E-state index is 0.859. The Morgan fingerprint density at radius 3 is 2.22 bits per heavy atom. The van der Waals surface area contributed by atoms with Crippen LogP contribution < -0.4 is 15.1 Å². The van der Waals surface area contributed by atoms with Gasteiger partial charge in [-0.15, -0.1) is 0 Å². The summed E-state index contributed by atoms with van der Waals surface area (Å²) in [6.07, 6.45) is 0. The molecule has 0 aromatic heterocycles. The van der Waals surface area contributed by atoms with Crippen molar-refractivity contribution >= 4 is 11.4 Å². The number of rotatable bonds is 5. The van der Waals surface area contributed by atoms with E-state index in [9.17, 15) is 0 Å². The van der Waals surface area contributed by atoms with Crippen LogP contribution in [0.15, 0.2) is 61.2 Å². The number of benzene rings is 2. The highest BCUT2D eigenvalue weighted by molar-refractivity contribution is 5.61. The molecule has 0 amide bonds. The highest BCUT2D eigenvalue weighted by atomic mass is 16.5. The molecular weight excluding hydrogens is 286 g/mol. The lowest BCUT2D eigenvalue weighted by atomic mass is 10.2. The maximum atomic E-state index is 5.19. The van der Waals surface area contributed by atoms with E-state index >= 15 is 0 Å². The zero-order valence-corrected chi connectivity index (χ0v) is 13.5. The van der Waals surface area contributed by atoms with Gasteiger partial charge in [-0.1, -0.05) is 24.8 Å². The van der Waals surface area contributed by atoms with Crippen molar-refractivity contribution in [3.63, 3.8) is 0 Å². The Morgan fingerprint density at radius 1 is 0.957 bits per heavy atom. The number of hydrazine groups is 1. The molecule has 0 atom stereocenters. The van der Waals surface area contributed by atoms with Crippen LogP contribution in [0.4, 0.5) is 5.69 Å². The largest absolute Gasteiger partial charge is 0.497 e. The van der Waals surface area contributed by atoms with Crippen molar-refractivity contribution in [1.82, 2.24) is 10.4 Å². The number of anilines is 1. The van der Waals surface area contributed by atoms with Gasteiger partial charge in [-0.25, -0.2) is 5.01 Å². The minimum atomic E-state index is 0.859. The molecule has 4 nitrogen and oxygen atoms in total. The molecule has 0 radical (unpaired) electrons. The second-order valence-electron chi connectivity index (χ2n) is 5.63. The van der Waals surface area contributed by atoms with E-state index in [2.05, 4.69) is 52.2 Å². The Bertz CT molecular complexity index is 631. The van der Waals surface area contributed by atoms with E-state index in [1.54, 1.807) is 7.11 Å². The van der Waals surface area contributed by atoms with Crippen LogP contribution in [0.5, 0.6) is 5.75 Å². The van der Waals surface area contributed by atoms with Crippen LogP contribution in [0.1, 0.15) is 5.56 Å². The highest BCUT2D eigenvalue weighted by Crippen LogP contribution is 2.18. The molecule has 23 heavy (non-hydrogen) atoms. The van der Waals surface area contributed by atoms with Gasteiger partial charge in [0.1, 0.15) is 5.75 Å². The summed E-state index contributed by atoms with van der Waals surface area (Å²) >= 11 is 0. The fourth-order valence-corrected chi connectivity index (χ4v) is 2.76. The third kappa shape index (κ3) is 3.85. The van der Waals surface area contributed by atoms with Crippen molar-refractivity contribution in [2.75, 3.05) is 38.2 Å². The SMILES string of the molecule is C=C(NN1CCN(c2ccccc2)CC1)c1ccc(OC)cc1. The lowest BCUT2D eigenvalue weighted by molar-refractivity contribution is 0.215. The molecule has 0 aliphatic carbocycles. The molecule has 4 heteroatoms. The van der Waals surface area contributed by atoms with Crippen LogP contribution in [-0.4, -0.2) is 38.3 Å². The molecule has 0 bridgehead atoms. The Labute approximate surface area is 138 Å². The molecule has 2 aromatic rings.